The van der Waals surface area contributed by atoms with Crippen LogP contribution in [0.1, 0.15) is 32.8 Å². The molecular weight excluding hydrogens is 432 g/mol. The number of rotatable bonds is 7. The molecule has 2 amide bonds. The molecule has 10 heteroatoms. The van der Waals surface area contributed by atoms with E-state index in [1.54, 1.807) is 6.92 Å². The van der Waals surface area contributed by atoms with E-state index in [-0.39, 0.29) is 5.24 Å². The van der Waals surface area contributed by atoms with Gasteiger partial charge >= 0.3 is 6.09 Å². The van der Waals surface area contributed by atoms with Gasteiger partial charge in [-0.1, -0.05) is 40.7 Å². The predicted molar refractivity (Wildman–Crippen MR) is 122 cm³/mol. The van der Waals surface area contributed by atoms with Crippen molar-refractivity contribution in [3.05, 3.63) is 34.9 Å². The molecule has 0 saturated heterocycles. The van der Waals surface area contributed by atoms with Crippen LogP contribution in [0.15, 0.2) is 29.4 Å². The van der Waals surface area contributed by atoms with E-state index in [1.807, 2.05) is 49.1 Å². The molecule has 0 unspecified atom stereocenters. The summed E-state index contributed by atoms with van der Waals surface area (Å²) in [5.74, 6) is 1.36. The third kappa shape index (κ3) is 13.8. The molecule has 1 N–H and O–H groups in total. The van der Waals surface area contributed by atoms with Crippen molar-refractivity contribution in [3.8, 4) is 6.07 Å². The van der Waals surface area contributed by atoms with Crippen LogP contribution in [0.4, 0.5) is 9.59 Å². The zero-order chi connectivity index (χ0) is 22.1. The average molecular weight is 459 g/mol. The van der Waals surface area contributed by atoms with Crippen molar-refractivity contribution in [3.63, 3.8) is 0 Å². The highest BCUT2D eigenvalue weighted by Gasteiger charge is 2.09. The van der Waals surface area contributed by atoms with Gasteiger partial charge in [0, 0.05) is 43.1 Å². The van der Waals surface area contributed by atoms with Crippen LogP contribution in [0, 0.1) is 11.3 Å². The van der Waals surface area contributed by atoms with Crippen LogP contribution in [0.3, 0.4) is 0 Å². The van der Waals surface area contributed by atoms with Crippen molar-refractivity contribution in [2.24, 2.45) is 5.16 Å². The fourth-order valence-electron chi connectivity index (χ4n) is 1.72. The molecule has 0 fully saturated rings. The number of carbonyl (C=O) groups is 2. The SMILES string of the molecule is CCN(CC)C(=O)SCc1ccc(Cl)cc1.CNC(=O)O/N=C(/C)SCCC#N. The lowest BCUT2D eigenvalue weighted by molar-refractivity contribution is 0.153. The van der Waals surface area contributed by atoms with Gasteiger partial charge in [0.25, 0.3) is 5.24 Å². The van der Waals surface area contributed by atoms with Crippen molar-refractivity contribution < 1.29 is 14.4 Å². The summed E-state index contributed by atoms with van der Waals surface area (Å²) < 4.78 is 0. The molecule has 0 saturated carbocycles. The summed E-state index contributed by atoms with van der Waals surface area (Å²) in [6, 6.07) is 9.59. The molecule has 1 aromatic rings. The molecule has 0 atom stereocenters. The number of carbonyl (C=O) groups excluding carboxylic acids is 2. The van der Waals surface area contributed by atoms with Crippen LogP contribution >= 0.6 is 35.1 Å². The zero-order valence-corrected chi connectivity index (χ0v) is 19.5. The van der Waals surface area contributed by atoms with Crippen LogP contribution in [0.5, 0.6) is 0 Å². The van der Waals surface area contributed by atoms with Crippen LogP contribution in [0.25, 0.3) is 0 Å². The Labute approximate surface area is 186 Å². The maximum absolute atomic E-state index is 11.7. The number of hydrogen-bond acceptors (Lipinski definition) is 7. The molecular formula is C19H27ClN4O3S2. The number of amides is 2. The molecule has 29 heavy (non-hydrogen) atoms. The molecule has 0 spiro atoms. The molecule has 7 nitrogen and oxygen atoms in total. The summed E-state index contributed by atoms with van der Waals surface area (Å²) in [4.78, 5) is 28.5. The predicted octanol–water partition coefficient (Wildman–Crippen LogP) is 5.36. The van der Waals surface area contributed by atoms with Gasteiger partial charge in [-0.3, -0.25) is 9.63 Å². The lowest BCUT2D eigenvalue weighted by Crippen LogP contribution is -2.26. The Hall–Kier alpha value is -1.89. The molecule has 0 aliphatic carbocycles. The quantitative estimate of drug-likeness (QED) is 0.194. The van der Waals surface area contributed by atoms with E-state index in [2.05, 4.69) is 15.3 Å². The molecule has 0 heterocycles. The number of nitriles is 1. The van der Waals surface area contributed by atoms with Crippen molar-refractivity contribution in [1.82, 2.24) is 10.2 Å². The van der Waals surface area contributed by atoms with Gasteiger partial charge in [-0.05, 0) is 38.5 Å². The molecule has 0 aliphatic heterocycles. The Bertz CT molecular complexity index is 690. The van der Waals surface area contributed by atoms with Crippen LogP contribution < -0.4 is 5.32 Å². The second kappa shape index (κ2) is 17.0. The van der Waals surface area contributed by atoms with Crippen LogP contribution in [0.2, 0.25) is 5.02 Å². The highest BCUT2D eigenvalue weighted by molar-refractivity contribution is 8.13. The molecule has 1 rings (SSSR count). The standard InChI is InChI=1S/C12H16ClNOS.C7H11N3O2S/c1-3-14(4-2)12(15)16-9-10-5-7-11(13)8-6-10;1-6(13-5-3-4-8)10-12-7(11)9-2/h5-8H,3-4,9H2,1-2H3;3,5H2,1-2H3,(H,9,11)/b;10-6-. The minimum absolute atomic E-state index is 0.139. The van der Waals surface area contributed by atoms with Gasteiger partial charge in [-0.15, -0.1) is 11.8 Å². The fraction of sp³-hybridized carbons (Fsp3) is 0.474. The largest absolute Gasteiger partial charge is 0.433 e. The summed E-state index contributed by atoms with van der Waals surface area (Å²) in [5, 5.41) is 15.5. The monoisotopic (exact) mass is 458 g/mol. The highest BCUT2D eigenvalue weighted by atomic mass is 35.5. The van der Waals surface area contributed by atoms with E-state index >= 15 is 0 Å². The first kappa shape index (κ1) is 27.1. The number of benzene rings is 1. The normalized spacial score (nSPS) is 10.3. The first-order valence-electron chi connectivity index (χ1n) is 8.97. The van der Waals surface area contributed by atoms with E-state index in [0.29, 0.717) is 23.0 Å². The second-order valence-corrected chi connectivity index (χ2v) is 8.00. The van der Waals surface area contributed by atoms with Gasteiger partial charge in [0.05, 0.1) is 6.07 Å². The van der Waals surface area contributed by atoms with Gasteiger partial charge < -0.3 is 10.2 Å². The van der Waals surface area contributed by atoms with Crippen LogP contribution in [-0.2, 0) is 10.6 Å². The molecule has 0 aliphatic rings. The van der Waals surface area contributed by atoms with Crippen molar-refractivity contribution in [1.29, 1.82) is 5.26 Å². The fourth-order valence-corrected chi connectivity index (χ4v) is 3.35. The third-order valence-corrected chi connectivity index (χ3v) is 5.42. The van der Waals surface area contributed by atoms with E-state index in [0.717, 1.165) is 23.7 Å². The zero-order valence-electron chi connectivity index (χ0n) is 17.1. The number of nitrogens with one attached hydrogen (secondary N) is 1. The number of hydrogen-bond donors (Lipinski definition) is 1. The minimum Gasteiger partial charge on any atom is -0.334 e. The third-order valence-electron chi connectivity index (χ3n) is 3.28. The second-order valence-electron chi connectivity index (χ2n) is 5.35. The summed E-state index contributed by atoms with van der Waals surface area (Å²) in [6.45, 7) is 7.23. The Morgan fingerprint density at radius 3 is 2.38 bits per heavy atom. The summed E-state index contributed by atoms with van der Waals surface area (Å²) in [6.07, 6.45) is -0.141. The van der Waals surface area contributed by atoms with Gasteiger partial charge in [0.1, 0.15) is 5.04 Å². The van der Waals surface area contributed by atoms with Gasteiger partial charge in [0.2, 0.25) is 0 Å². The number of nitrogens with zero attached hydrogens (tertiary/aromatic N) is 3. The van der Waals surface area contributed by atoms with Crippen molar-refractivity contribution in [2.75, 3.05) is 25.9 Å². The Morgan fingerprint density at radius 1 is 1.24 bits per heavy atom. The first-order chi connectivity index (χ1) is 13.9. The number of thioether (sulfide) groups is 2. The Balaban J connectivity index is 0.000000555. The van der Waals surface area contributed by atoms with Crippen molar-refractivity contribution >= 4 is 51.5 Å². The molecule has 0 radical (unpaired) electrons. The van der Waals surface area contributed by atoms with E-state index in [1.165, 1.54) is 30.6 Å². The van der Waals surface area contributed by atoms with E-state index < -0.39 is 6.09 Å². The Morgan fingerprint density at radius 2 is 1.86 bits per heavy atom. The molecule has 0 bridgehead atoms. The maximum atomic E-state index is 11.7. The maximum Gasteiger partial charge on any atom is 0.433 e. The average Bonchev–Trinajstić information content (AvgIpc) is 2.73. The van der Waals surface area contributed by atoms with Crippen LogP contribution in [-0.4, -0.2) is 47.2 Å². The van der Waals surface area contributed by atoms with E-state index in [9.17, 15) is 9.59 Å². The van der Waals surface area contributed by atoms with Gasteiger partial charge in [-0.25, -0.2) is 4.79 Å². The topological polar surface area (TPSA) is 94.8 Å². The lowest BCUT2D eigenvalue weighted by Gasteiger charge is -2.17. The number of oxime groups is 1. The smallest absolute Gasteiger partial charge is 0.334 e. The van der Waals surface area contributed by atoms with E-state index in [4.69, 9.17) is 16.9 Å². The first-order valence-corrected chi connectivity index (χ1v) is 11.3. The Kier molecular flexibility index (Phi) is 15.9. The summed E-state index contributed by atoms with van der Waals surface area (Å²) in [5.41, 5.74) is 1.12. The lowest BCUT2D eigenvalue weighted by atomic mass is 10.2. The minimum atomic E-state index is -0.597. The number of halogens is 1. The molecule has 0 aromatic heterocycles. The van der Waals surface area contributed by atoms with Gasteiger partial charge in [0.15, 0.2) is 0 Å². The van der Waals surface area contributed by atoms with Crippen molar-refractivity contribution in [2.45, 2.75) is 32.9 Å². The molecule has 160 valence electrons. The highest BCUT2D eigenvalue weighted by Crippen LogP contribution is 2.18. The molecule has 1 aromatic carbocycles. The summed E-state index contributed by atoms with van der Waals surface area (Å²) in [7, 11) is 1.45. The summed E-state index contributed by atoms with van der Waals surface area (Å²) >= 11 is 8.50. The van der Waals surface area contributed by atoms with Gasteiger partial charge in [-0.2, -0.15) is 5.26 Å².